The molecule has 2 heterocycles. The molecule has 3 atom stereocenters. The van der Waals surface area contributed by atoms with E-state index in [1.807, 2.05) is 11.9 Å². The van der Waals surface area contributed by atoms with E-state index in [2.05, 4.69) is 10.2 Å². The van der Waals surface area contributed by atoms with Crippen LogP contribution in [0.4, 0.5) is 0 Å². The predicted molar refractivity (Wildman–Crippen MR) is 58.4 cm³/mol. The zero-order valence-electron chi connectivity index (χ0n) is 9.92. The fraction of sp³-hybridized carbons (Fsp3) is 0.727. The second kappa shape index (κ2) is 3.61. The van der Waals surface area contributed by atoms with Crippen molar-refractivity contribution in [2.24, 2.45) is 16.1 Å². The van der Waals surface area contributed by atoms with Gasteiger partial charge in [0.15, 0.2) is 5.78 Å². The van der Waals surface area contributed by atoms with Gasteiger partial charge in [-0.2, -0.15) is 10.2 Å². The number of carbonyl (C=O) groups excluding carboxylic acids is 1. The first kappa shape index (κ1) is 10.9. The van der Waals surface area contributed by atoms with E-state index in [9.17, 15) is 4.79 Å². The normalized spacial score (nSPS) is 40.0. The van der Waals surface area contributed by atoms with Crippen molar-refractivity contribution >= 4 is 5.78 Å². The second-order valence-electron chi connectivity index (χ2n) is 4.56. The number of azo groups is 1. The number of ether oxygens (including phenoxy) is 2. The molecule has 3 rings (SSSR count). The summed E-state index contributed by atoms with van der Waals surface area (Å²) in [6, 6.07) is -0.440. The van der Waals surface area contributed by atoms with Crippen LogP contribution in [0.3, 0.4) is 0 Å². The first-order valence-electron chi connectivity index (χ1n) is 5.72. The molecule has 0 bridgehead atoms. The molecule has 2 aliphatic heterocycles. The van der Waals surface area contributed by atoms with Gasteiger partial charge in [-0.25, -0.2) is 0 Å². The highest BCUT2D eigenvalue weighted by atomic mass is 16.7. The van der Waals surface area contributed by atoms with Crippen LogP contribution in [0.1, 0.15) is 0 Å². The molecule has 0 aromatic heterocycles. The predicted octanol–water partition coefficient (Wildman–Crippen LogP) is 0.208. The topological polar surface area (TPSA) is 63.5 Å². The highest BCUT2D eigenvalue weighted by Gasteiger charge is 2.57. The number of carbonyl (C=O) groups is 1. The van der Waals surface area contributed by atoms with E-state index < -0.39 is 11.8 Å². The fourth-order valence-corrected chi connectivity index (χ4v) is 2.82. The molecule has 0 aromatic carbocycles. The third-order valence-corrected chi connectivity index (χ3v) is 3.74. The molecule has 17 heavy (non-hydrogen) atoms. The summed E-state index contributed by atoms with van der Waals surface area (Å²) in [5.41, 5.74) is 0.796. The van der Waals surface area contributed by atoms with Gasteiger partial charge in [0.05, 0.1) is 24.8 Å². The molecular weight excluding hydrogens is 222 g/mol. The highest BCUT2D eigenvalue weighted by molar-refractivity contribution is 5.97. The average Bonchev–Trinajstić information content (AvgIpc) is 2.81. The van der Waals surface area contributed by atoms with Crippen molar-refractivity contribution in [2.75, 3.05) is 33.9 Å². The van der Waals surface area contributed by atoms with Gasteiger partial charge in [0.2, 0.25) is 5.79 Å². The molecule has 3 aliphatic rings. The van der Waals surface area contributed by atoms with Crippen LogP contribution in [0.25, 0.3) is 0 Å². The van der Waals surface area contributed by atoms with Crippen LogP contribution in [-0.4, -0.2) is 56.4 Å². The van der Waals surface area contributed by atoms with Crippen LogP contribution in [0.2, 0.25) is 0 Å². The summed E-state index contributed by atoms with van der Waals surface area (Å²) >= 11 is 0. The Bertz CT molecular complexity index is 420. The molecule has 1 aliphatic carbocycles. The average molecular weight is 237 g/mol. The van der Waals surface area contributed by atoms with Crippen molar-refractivity contribution in [3.05, 3.63) is 11.8 Å². The van der Waals surface area contributed by atoms with E-state index in [-0.39, 0.29) is 11.7 Å². The molecule has 0 N–H and O–H groups in total. The largest absolute Gasteiger partial charge is 0.371 e. The summed E-state index contributed by atoms with van der Waals surface area (Å²) in [7, 11) is 3.55. The zero-order valence-corrected chi connectivity index (χ0v) is 9.92. The van der Waals surface area contributed by atoms with Gasteiger partial charge < -0.3 is 14.4 Å². The van der Waals surface area contributed by atoms with Gasteiger partial charge in [0, 0.05) is 26.8 Å². The Labute approximate surface area is 99.3 Å². The SMILES string of the molecule is CO[C@]12OCCN(C)C1=CC(=O)[C@H]1N=NC[C@@H]12. The molecule has 0 spiro atoms. The molecule has 0 radical (unpaired) electrons. The maximum Gasteiger partial charge on any atom is 0.217 e. The third-order valence-electron chi connectivity index (χ3n) is 3.74. The number of ketones is 1. The van der Waals surface area contributed by atoms with Gasteiger partial charge in [0.1, 0.15) is 6.04 Å². The van der Waals surface area contributed by atoms with Gasteiger partial charge >= 0.3 is 0 Å². The Hall–Kier alpha value is -1.27. The molecule has 6 heteroatoms. The maximum atomic E-state index is 12.0. The van der Waals surface area contributed by atoms with Crippen molar-refractivity contribution in [3.63, 3.8) is 0 Å². The van der Waals surface area contributed by atoms with Crippen molar-refractivity contribution < 1.29 is 14.3 Å². The molecule has 1 fully saturated rings. The fourth-order valence-electron chi connectivity index (χ4n) is 2.82. The number of nitrogens with zero attached hydrogens (tertiary/aromatic N) is 3. The molecule has 0 aromatic rings. The zero-order chi connectivity index (χ0) is 12.0. The Balaban J connectivity index is 2.10. The lowest BCUT2D eigenvalue weighted by molar-refractivity contribution is -0.255. The maximum absolute atomic E-state index is 12.0. The summed E-state index contributed by atoms with van der Waals surface area (Å²) in [5.74, 6) is -0.992. The number of methoxy groups -OCH3 is 1. The monoisotopic (exact) mass is 237 g/mol. The number of hydrogen-bond acceptors (Lipinski definition) is 6. The molecule has 0 unspecified atom stereocenters. The van der Waals surface area contributed by atoms with Crippen molar-refractivity contribution in [1.29, 1.82) is 0 Å². The van der Waals surface area contributed by atoms with Crippen molar-refractivity contribution in [3.8, 4) is 0 Å². The molecule has 92 valence electrons. The van der Waals surface area contributed by atoms with Crippen LogP contribution >= 0.6 is 0 Å². The number of morpholine rings is 1. The Morgan fingerprint density at radius 3 is 3.24 bits per heavy atom. The van der Waals surface area contributed by atoms with E-state index in [0.717, 1.165) is 12.2 Å². The summed E-state index contributed by atoms with van der Waals surface area (Å²) in [6.45, 7) is 1.82. The Kier molecular flexibility index (Phi) is 2.31. The molecule has 6 nitrogen and oxygen atoms in total. The smallest absolute Gasteiger partial charge is 0.217 e. The number of hydrogen-bond donors (Lipinski definition) is 0. The number of likely N-dealkylation sites (N-methyl/N-ethyl adjacent to an activating group) is 1. The van der Waals surface area contributed by atoms with Gasteiger partial charge in [-0.05, 0) is 0 Å². The highest BCUT2D eigenvalue weighted by Crippen LogP contribution is 2.43. The molecular formula is C11H15N3O3. The van der Waals surface area contributed by atoms with E-state index in [0.29, 0.717) is 13.2 Å². The second-order valence-corrected chi connectivity index (χ2v) is 4.56. The van der Waals surface area contributed by atoms with E-state index in [4.69, 9.17) is 9.47 Å². The van der Waals surface area contributed by atoms with Crippen LogP contribution in [0.5, 0.6) is 0 Å². The third kappa shape index (κ3) is 1.31. The van der Waals surface area contributed by atoms with Gasteiger partial charge in [-0.15, -0.1) is 0 Å². The van der Waals surface area contributed by atoms with E-state index in [1.54, 1.807) is 13.2 Å². The van der Waals surface area contributed by atoms with Crippen LogP contribution in [-0.2, 0) is 14.3 Å². The first-order valence-corrected chi connectivity index (χ1v) is 5.72. The van der Waals surface area contributed by atoms with Gasteiger partial charge in [-0.1, -0.05) is 0 Å². The summed E-state index contributed by atoms with van der Waals surface area (Å²) in [5, 5.41) is 7.98. The lowest BCUT2D eigenvalue weighted by atomic mass is 9.80. The quantitative estimate of drug-likeness (QED) is 0.654. The van der Waals surface area contributed by atoms with Crippen LogP contribution < -0.4 is 0 Å². The van der Waals surface area contributed by atoms with Crippen molar-refractivity contribution in [1.82, 2.24) is 4.90 Å². The van der Waals surface area contributed by atoms with Crippen molar-refractivity contribution in [2.45, 2.75) is 11.8 Å². The molecule has 0 saturated carbocycles. The first-order chi connectivity index (χ1) is 8.19. The minimum atomic E-state index is -0.852. The van der Waals surface area contributed by atoms with Crippen LogP contribution in [0, 0.1) is 5.92 Å². The van der Waals surface area contributed by atoms with Gasteiger partial charge in [-0.3, -0.25) is 4.79 Å². The molecule has 0 amide bonds. The standard InChI is InChI=1S/C11H15N3O3/c1-14-3-4-17-11(16-2)7-6-12-13-10(7)8(15)5-9(11)14/h5,7,10H,3-4,6H2,1-2H3/t7-,10-,11+/m0/s1. The molecule has 1 saturated heterocycles. The lowest BCUT2D eigenvalue weighted by Gasteiger charge is -2.48. The number of rotatable bonds is 1. The Morgan fingerprint density at radius 2 is 2.47 bits per heavy atom. The minimum Gasteiger partial charge on any atom is -0.371 e. The lowest BCUT2D eigenvalue weighted by Crippen LogP contribution is -2.60. The Morgan fingerprint density at radius 1 is 1.65 bits per heavy atom. The van der Waals surface area contributed by atoms with E-state index >= 15 is 0 Å². The summed E-state index contributed by atoms with van der Waals surface area (Å²) < 4.78 is 11.5. The van der Waals surface area contributed by atoms with E-state index in [1.165, 1.54) is 0 Å². The minimum absolute atomic E-state index is 0.00345. The number of fused-ring (bicyclic) bond motifs is 3. The summed E-state index contributed by atoms with van der Waals surface area (Å²) in [6.07, 6.45) is 1.59. The summed E-state index contributed by atoms with van der Waals surface area (Å²) in [4.78, 5) is 14.0. The van der Waals surface area contributed by atoms with Gasteiger partial charge in [0.25, 0.3) is 0 Å². The van der Waals surface area contributed by atoms with Crippen LogP contribution in [0.15, 0.2) is 22.0 Å².